The molecule has 16 heavy (non-hydrogen) atoms. The highest BCUT2D eigenvalue weighted by molar-refractivity contribution is 5.29. The van der Waals surface area contributed by atoms with Gasteiger partial charge in [-0.15, -0.1) is 0 Å². The van der Waals surface area contributed by atoms with Gasteiger partial charge in [-0.3, -0.25) is 0 Å². The van der Waals surface area contributed by atoms with Crippen molar-refractivity contribution < 1.29 is 4.74 Å². The predicted molar refractivity (Wildman–Crippen MR) is 65.4 cm³/mol. The van der Waals surface area contributed by atoms with E-state index in [1.807, 2.05) is 24.3 Å². The molecule has 0 N–H and O–H groups in total. The van der Waals surface area contributed by atoms with Crippen LogP contribution in [0.4, 0.5) is 0 Å². The van der Waals surface area contributed by atoms with Crippen LogP contribution in [0.15, 0.2) is 24.3 Å². The molecule has 0 amide bonds. The van der Waals surface area contributed by atoms with Gasteiger partial charge >= 0.3 is 0 Å². The average molecular weight is 217 g/mol. The van der Waals surface area contributed by atoms with Crippen molar-refractivity contribution in [3.63, 3.8) is 0 Å². The molecule has 0 aromatic heterocycles. The first-order valence-electron chi connectivity index (χ1n) is 5.72. The summed E-state index contributed by atoms with van der Waals surface area (Å²) in [6, 6.07) is 9.89. The molecule has 86 valence electrons. The van der Waals surface area contributed by atoms with Crippen molar-refractivity contribution in [2.24, 2.45) is 0 Å². The lowest BCUT2D eigenvalue weighted by Crippen LogP contribution is -2.27. The van der Waals surface area contributed by atoms with E-state index < -0.39 is 0 Å². The van der Waals surface area contributed by atoms with Crippen LogP contribution in [-0.4, -0.2) is 5.60 Å². The van der Waals surface area contributed by atoms with Crippen LogP contribution in [0.1, 0.15) is 39.2 Å². The summed E-state index contributed by atoms with van der Waals surface area (Å²) in [6.45, 7) is 6.35. The topological polar surface area (TPSA) is 33.0 Å². The van der Waals surface area contributed by atoms with Crippen LogP contribution in [0.2, 0.25) is 0 Å². The second kappa shape index (κ2) is 5.55. The molecule has 0 atom stereocenters. The predicted octanol–water partition coefficient (Wildman–Crippen LogP) is 3.71. The molecule has 1 aromatic rings. The summed E-state index contributed by atoms with van der Waals surface area (Å²) in [6.07, 6.45) is 2.60. The summed E-state index contributed by atoms with van der Waals surface area (Å²) in [5, 5.41) is 8.56. The fraction of sp³-hybridized carbons (Fsp3) is 0.500. The maximum absolute atomic E-state index is 8.56. The van der Waals surface area contributed by atoms with E-state index >= 15 is 0 Å². The Bertz CT molecular complexity index is 359. The third-order valence-electron chi connectivity index (χ3n) is 2.45. The number of ether oxygens (including phenoxy) is 1. The molecule has 0 aliphatic heterocycles. The highest BCUT2D eigenvalue weighted by atomic mass is 16.5. The van der Waals surface area contributed by atoms with Crippen molar-refractivity contribution in [1.82, 2.24) is 0 Å². The third kappa shape index (κ3) is 3.94. The highest BCUT2D eigenvalue weighted by Crippen LogP contribution is 2.22. The average Bonchev–Trinajstić information content (AvgIpc) is 2.21. The monoisotopic (exact) mass is 217 g/mol. The number of hydrogen-bond acceptors (Lipinski definition) is 2. The lowest BCUT2D eigenvalue weighted by Gasteiger charge is -2.26. The normalized spacial score (nSPS) is 10.9. The molecule has 0 fully saturated rings. The lowest BCUT2D eigenvalue weighted by atomic mass is 10.0. The Morgan fingerprint density at radius 2 is 1.88 bits per heavy atom. The molecule has 0 radical (unpaired) electrons. The van der Waals surface area contributed by atoms with E-state index in [9.17, 15) is 0 Å². The Labute approximate surface area is 97.9 Å². The highest BCUT2D eigenvalue weighted by Gasteiger charge is 2.17. The zero-order valence-corrected chi connectivity index (χ0v) is 10.3. The minimum absolute atomic E-state index is 0.120. The Morgan fingerprint density at radius 1 is 1.25 bits per heavy atom. The summed E-state index contributed by atoms with van der Waals surface area (Å²) >= 11 is 0. The smallest absolute Gasteiger partial charge is 0.120 e. The van der Waals surface area contributed by atoms with Gasteiger partial charge in [0.15, 0.2) is 0 Å². The number of hydrogen-bond donors (Lipinski definition) is 0. The van der Waals surface area contributed by atoms with Gasteiger partial charge in [-0.1, -0.05) is 25.5 Å². The quantitative estimate of drug-likeness (QED) is 0.753. The molecular formula is C14H19NO. The molecule has 1 rings (SSSR count). The Balaban J connectivity index is 2.65. The van der Waals surface area contributed by atoms with Crippen molar-refractivity contribution in [1.29, 1.82) is 5.26 Å². The minimum Gasteiger partial charge on any atom is -0.488 e. The van der Waals surface area contributed by atoms with Crippen LogP contribution in [0, 0.1) is 11.3 Å². The lowest BCUT2D eigenvalue weighted by molar-refractivity contribution is 0.0986. The Hall–Kier alpha value is -1.49. The van der Waals surface area contributed by atoms with Crippen molar-refractivity contribution in [2.45, 2.75) is 45.6 Å². The van der Waals surface area contributed by atoms with Crippen molar-refractivity contribution in [3.05, 3.63) is 29.8 Å². The molecule has 0 saturated heterocycles. The molecule has 2 heteroatoms. The van der Waals surface area contributed by atoms with Gasteiger partial charge in [-0.2, -0.15) is 5.26 Å². The number of benzene rings is 1. The van der Waals surface area contributed by atoms with Gasteiger partial charge in [0, 0.05) is 0 Å². The summed E-state index contributed by atoms with van der Waals surface area (Å²) in [5.74, 6) is 0.875. The second-order valence-corrected chi connectivity index (χ2v) is 4.59. The van der Waals surface area contributed by atoms with Gasteiger partial charge in [-0.05, 0) is 38.0 Å². The molecule has 0 bridgehead atoms. The minimum atomic E-state index is -0.120. The third-order valence-corrected chi connectivity index (χ3v) is 2.45. The fourth-order valence-corrected chi connectivity index (χ4v) is 1.74. The molecule has 1 aromatic carbocycles. The first-order valence-corrected chi connectivity index (χ1v) is 5.72. The SMILES string of the molecule is CCCC(C)(C)Oc1ccc(CC#N)cc1. The summed E-state index contributed by atoms with van der Waals surface area (Å²) in [5.41, 5.74) is 0.911. The van der Waals surface area contributed by atoms with E-state index in [4.69, 9.17) is 10.00 Å². The zero-order valence-electron chi connectivity index (χ0n) is 10.3. The molecular weight excluding hydrogens is 198 g/mol. The van der Waals surface area contributed by atoms with Gasteiger partial charge < -0.3 is 4.74 Å². The zero-order chi connectivity index (χ0) is 12.0. The molecule has 0 heterocycles. The first-order chi connectivity index (χ1) is 7.57. The van der Waals surface area contributed by atoms with E-state index in [1.54, 1.807) is 0 Å². The van der Waals surface area contributed by atoms with Crippen LogP contribution >= 0.6 is 0 Å². The van der Waals surface area contributed by atoms with Gasteiger partial charge in [0.25, 0.3) is 0 Å². The van der Waals surface area contributed by atoms with E-state index in [1.165, 1.54) is 0 Å². The Kier molecular flexibility index (Phi) is 4.37. The van der Waals surface area contributed by atoms with Gasteiger partial charge in [0.1, 0.15) is 11.4 Å². The number of nitrogens with zero attached hydrogens (tertiary/aromatic N) is 1. The molecule has 0 saturated carbocycles. The first kappa shape index (κ1) is 12.6. The summed E-state index contributed by atoms with van der Waals surface area (Å²) < 4.78 is 5.89. The van der Waals surface area contributed by atoms with E-state index in [0.29, 0.717) is 6.42 Å². The molecule has 0 spiro atoms. The van der Waals surface area contributed by atoms with Crippen molar-refractivity contribution in [3.8, 4) is 11.8 Å². The standard InChI is InChI=1S/C14H19NO/c1-4-10-14(2,3)16-13-7-5-12(6-8-13)9-11-15/h5-8H,4,9-10H2,1-3H3. The molecule has 0 aliphatic carbocycles. The largest absolute Gasteiger partial charge is 0.488 e. The maximum Gasteiger partial charge on any atom is 0.120 e. The van der Waals surface area contributed by atoms with Crippen LogP contribution in [0.3, 0.4) is 0 Å². The van der Waals surface area contributed by atoms with Crippen LogP contribution in [0.5, 0.6) is 5.75 Å². The van der Waals surface area contributed by atoms with Crippen LogP contribution < -0.4 is 4.74 Å². The van der Waals surface area contributed by atoms with E-state index in [2.05, 4.69) is 26.8 Å². The van der Waals surface area contributed by atoms with Gasteiger partial charge in [0.05, 0.1) is 12.5 Å². The maximum atomic E-state index is 8.56. The van der Waals surface area contributed by atoms with Gasteiger partial charge in [0.2, 0.25) is 0 Å². The molecule has 0 aliphatic rings. The van der Waals surface area contributed by atoms with Crippen molar-refractivity contribution in [2.75, 3.05) is 0 Å². The van der Waals surface area contributed by atoms with Crippen molar-refractivity contribution >= 4 is 0 Å². The van der Waals surface area contributed by atoms with Crippen LogP contribution in [0.25, 0.3) is 0 Å². The van der Waals surface area contributed by atoms with E-state index in [-0.39, 0.29) is 5.60 Å². The number of nitriles is 1. The Morgan fingerprint density at radius 3 is 2.38 bits per heavy atom. The number of rotatable bonds is 5. The van der Waals surface area contributed by atoms with Crippen LogP contribution in [-0.2, 0) is 6.42 Å². The molecule has 2 nitrogen and oxygen atoms in total. The fourth-order valence-electron chi connectivity index (χ4n) is 1.74. The summed E-state index contributed by atoms with van der Waals surface area (Å²) in [7, 11) is 0. The van der Waals surface area contributed by atoms with E-state index in [0.717, 1.165) is 24.2 Å². The summed E-state index contributed by atoms with van der Waals surface area (Å²) in [4.78, 5) is 0. The second-order valence-electron chi connectivity index (χ2n) is 4.59. The molecule has 0 unspecified atom stereocenters. The van der Waals surface area contributed by atoms with Gasteiger partial charge in [-0.25, -0.2) is 0 Å².